The molecule has 0 aromatic carbocycles. The SMILES string of the molecule is CCCNC(CC)CN(CCC)CCN(C)C. The van der Waals surface area contributed by atoms with Crippen LogP contribution in [0.4, 0.5) is 0 Å². The minimum absolute atomic E-state index is 0.656. The Hall–Kier alpha value is -0.120. The highest BCUT2D eigenvalue weighted by Gasteiger charge is 2.11. The summed E-state index contributed by atoms with van der Waals surface area (Å²) in [6.45, 7) is 12.7. The molecule has 0 radical (unpaired) electrons. The summed E-state index contributed by atoms with van der Waals surface area (Å²) >= 11 is 0. The van der Waals surface area contributed by atoms with E-state index < -0.39 is 0 Å². The van der Waals surface area contributed by atoms with Gasteiger partial charge in [-0.15, -0.1) is 0 Å². The number of hydrogen-bond donors (Lipinski definition) is 1. The van der Waals surface area contributed by atoms with Gasteiger partial charge in [-0.3, -0.25) is 0 Å². The minimum Gasteiger partial charge on any atom is -0.313 e. The fraction of sp³-hybridized carbons (Fsp3) is 1.00. The summed E-state index contributed by atoms with van der Waals surface area (Å²) < 4.78 is 0. The number of rotatable bonds is 11. The first kappa shape index (κ1) is 16.9. The molecule has 0 aromatic rings. The van der Waals surface area contributed by atoms with Gasteiger partial charge in [0.25, 0.3) is 0 Å². The second-order valence-electron chi connectivity index (χ2n) is 5.16. The molecule has 0 aliphatic heterocycles. The van der Waals surface area contributed by atoms with Crippen molar-refractivity contribution >= 4 is 0 Å². The summed E-state index contributed by atoms with van der Waals surface area (Å²) in [7, 11) is 4.30. The van der Waals surface area contributed by atoms with Crippen LogP contribution in [0.15, 0.2) is 0 Å². The summed E-state index contributed by atoms with van der Waals surface area (Å²) in [5.41, 5.74) is 0. The van der Waals surface area contributed by atoms with Crippen molar-refractivity contribution < 1.29 is 0 Å². The van der Waals surface area contributed by atoms with E-state index in [1.165, 1.54) is 38.9 Å². The zero-order valence-electron chi connectivity index (χ0n) is 12.6. The third-order valence-corrected chi connectivity index (χ3v) is 3.06. The Kier molecular flexibility index (Phi) is 10.9. The molecule has 1 unspecified atom stereocenters. The lowest BCUT2D eigenvalue weighted by Gasteiger charge is -2.28. The van der Waals surface area contributed by atoms with Gasteiger partial charge < -0.3 is 15.1 Å². The number of hydrogen-bond acceptors (Lipinski definition) is 3. The van der Waals surface area contributed by atoms with Crippen molar-refractivity contribution in [1.29, 1.82) is 0 Å². The molecule has 0 bridgehead atoms. The quantitative estimate of drug-likeness (QED) is 0.599. The fourth-order valence-electron chi connectivity index (χ4n) is 1.95. The van der Waals surface area contributed by atoms with Crippen LogP contribution in [0.2, 0.25) is 0 Å². The zero-order chi connectivity index (χ0) is 13.1. The third-order valence-electron chi connectivity index (χ3n) is 3.06. The molecule has 0 heterocycles. The van der Waals surface area contributed by atoms with Gasteiger partial charge in [-0.05, 0) is 46.4 Å². The topological polar surface area (TPSA) is 18.5 Å². The molecule has 0 aromatic heterocycles. The number of likely N-dealkylation sites (N-methyl/N-ethyl adjacent to an activating group) is 1. The first-order valence-electron chi connectivity index (χ1n) is 7.24. The maximum Gasteiger partial charge on any atom is 0.0192 e. The Labute approximate surface area is 109 Å². The number of nitrogens with one attached hydrogen (secondary N) is 1. The van der Waals surface area contributed by atoms with Crippen LogP contribution in [0.1, 0.15) is 40.0 Å². The van der Waals surface area contributed by atoms with Gasteiger partial charge in [0.15, 0.2) is 0 Å². The molecule has 1 atom stereocenters. The highest BCUT2D eigenvalue weighted by atomic mass is 15.2. The van der Waals surface area contributed by atoms with E-state index >= 15 is 0 Å². The van der Waals surface area contributed by atoms with Crippen LogP contribution in [0, 0.1) is 0 Å². The lowest BCUT2D eigenvalue weighted by molar-refractivity contribution is 0.215. The van der Waals surface area contributed by atoms with Gasteiger partial charge in [0, 0.05) is 25.7 Å². The highest BCUT2D eigenvalue weighted by molar-refractivity contribution is 4.71. The van der Waals surface area contributed by atoms with E-state index in [2.05, 4.69) is 50.0 Å². The van der Waals surface area contributed by atoms with Crippen LogP contribution >= 0.6 is 0 Å². The fourth-order valence-corrected chi connectivity index (χ4v) is 1.95. The molecular formula is C14H33N3. The number of nitrogens with zero attached hydrogens (tertiary/aromatic N) is 2. The van der Waals surface area contributed by atoms with E-state index in [0.717, 1.165) is 13.1 Å². The van der Waals surface area contributed by atoms with Gasteiger partial charge in [-0.25, -0.2) is 0 Å². The van der Waals surface area contributed by atoms with E-state index in [1.807, 2.05) is 0 Å². The monoisotopic (exact) mass is 243 g/mol. The molecule has 3 nitrogen and oxygen atoms in total. The van der Waals surface area contributed by atoms with E-state index in [0.29, 0.717) is 6.04 Å². The maximum atomic E-state index is 3.64. The molecule has 0 fully saturated rings. The molecule has 3 heteroatoms. The van der Waals surface area contributed by atoms with Gasteiger partial charge in [0.05, 0.1) is 0 Å². The molecule has 0 aliphatic carbocycles. The van der Waals surface area contributed by atoms with Crippen LogP contribution in [0.25, 0.3) is 0 Å². The maximum absolute atomic E-state index is 3.64. The van der Waals surface area contributed by atoms with Crippen molar-refractivity contribution in [2.75, 3.05) is 46.8 Å². The molecule has 0 saturated heterocycles. The lowest BCUT2D eigenvalue weighted by Crippen LogP contribution is -2.43. The Morgan fingerprint density at radius 3 is 2.12 bits per heavy atom. The molecule has 0 spiro atoms. The summed E-state index contributed by atoms with van der Waals surface area (Å²) in [5, 5.41) is 3.64. The van der Waals surface area contributed by atoms with E-state index in [1.54, 1.807) is 0 Å². The van der Waals surface area contributed by atoms with Crippen molar-refractivity contribution in [3.63, 3.8) is 0 Å². The largest absolute Gasteiger partial charge is 0.313 e. The average molecular weight is 243 g/mol. The van der Waals surface area contributed by atoms with Crippen LogP contribution in [-0.4, -0.2) is 62.7 Å². The summed E-state index contributed by atoms with van der Waals surface area (Å²) in [5.74, 6) is 0. The molecule has 0 amide bonds. The van der Waals surface area contributed by atoms with E-state index in [-0.39, 0.29) is 0 Å². The first-order valence-corrected chi connectivity index (χ1v) is 7.24. The molecule has 0 aliphatic rings. The van der Waals surface area contributed by atoms with E-state index in [9.17, 15) is 0 Å². The molecule has 0 rings (SSSR count). The molecular weight excluding hydrogens is 210 g/mol. The van der Waals surface area contributed by atoms with E-state index in [4.69, 9.17) is 0 Å². The minimum atomic E-state index is 0.656. The van der Waals surface area contributed by atoms with Gasteiger partial charge in [0.1, 0.15) is 0 Å². The Balaban J connectivity index is 4.00. The van der Waals surface area contributed by atoms with Crippen LogP contribution < -0.4 is 5.32 Å². The van der Waals surface area contributed by atoms with Crippen molar-refractivity contribution in [3.8, 4) is 0 Å². The summed E-state index contributed by atoms with van der Waals surface area (Å²) in [6.07, 6.45) is 3.70. The molecule has 1 N–H and O–H groups in total. The second-order valence-corrected chi connectivity index (χ2v) is 5.16. The molecule has 17 heavy (non-hydrogen) atoms. The Morgan fingerprint density at radius 2 is 1.65 bits per heavy atom. The average Bonchev–Trinajstić information content (AvgIpc) is 2.31. The normalized spacial score (nSPS) is 13.6. The van der Waals surface area contributed by atoms with Gasteiger partial charge in [-0.2, -0.15) is 0 Å². The zero-order valence-corrected chi connectivity index (χ0v) is 12.6. The highest BCUT2D eigenvalue weighted by Crippen LogP contribution is 1.99. The Bertz CT molecular complexity index is 160. The third kappa shape index (κ3) is 9.57. The summed E-state index contributed by atoms with van der Waals surface area (Å²) in [4.78, 5) is 4.86. The second kappa shape index (κ2) is 11.0. The predicted molar refractivity (Wildman–Crippen MR) is 77.7 cm³/mol. The molecule has 0 saturated carbocycles. The van der Waals surface area contributed by atoms with Crippen molar-refractivity contribution in [2.24, 2.45) is 0 Å². The molecule has 104 valence electrons. The van der Waals surface area contributed by atoms with Crippen molar-refractivity contribution in [3.05, 3.63) is 0 Å². The van der Waals surface area contributed by atoms with Crippen LogP contribution in [0.5, 0.6) is 0 Å². The first-order chi connectivity index (χ1) is 8.13. The van der Waals surface area contributed by atoms with Gasteiger partial charge in [0.2, 0.25) is 0 Å². The van der Waals surface area contributed by atoms with Gasteiger partial charge in [-0.1, -0.05) is 20.8 Å². The smallest absolute Gasteiger partial charge is 0.0192 e. The lowest BCUT2D eigenvalue weighted by atomic mass is 10.2. The standard InChI is InChI=1S/C14H33N3/c1-6-9-15-14(8-3)13-17(10-7-2)12-11-16(4)5/h14-15H,6-13H2,1-5H3. The van der Waals surface area contributed by atoms with Crippen molar-refractivity contribution in [2.45, 2.75) is 46.1 Å². The van der Waals surface area contributed by atoms with Crippen LogP contribution in [0.3, 0.4) is 0 Å². The van der Waals surface area contributed by atoms with Crippen molar-refractivity contribution in [1.82, 2.24) is 15.1 Å². The predicted octanol–water partition coefficient (Wildman–Crippen LogP) is 2.04. The Morgan fingerprint density at radius 1 is 0.941 bits per heavy atom. The summed E-state index contributed by atoms with van der Waals surface area (Å²) in [6, 6.07) is 0.656. The van der Waals surface area contributed by atoms with Gasteiger partial charge >= 0.3 is 0 Å². The van der Waals surface area contributed by atoms with Crippen LogP contribution in [-0.2, 0) is 0 Å².